The first-order valence-corrected chi connectivity index (χ1v) is 8.98. The van der Waals surface area contributed by atoms with Gasteiger partial charge in [-0.2, -0.15) is 0 Å². The summed E-state index contributed by atoms with van der Waals surface area (Å²) in [5, 5.41) is 0.621. The zero-order valence-electron chi connectivity index (χ0n) is 14.6. The van der Waals surface area contributed by atoms with Crippen molar-refractivity contribution < 1.29 is 14.3 Å². The molecule has 0 saturated carbocycles. The fraction of sp³-hybridized carbons (Fsp3) is 0.300. The van der Waals surface area contributed by atoms with Crippen LogP contribution in [-0.2, 0) is 4.79 Å². The highest BCUT2D eigenvalue weighted by Gasteiger charge is 2.28. The molecule has 5 nitrogen and oxygen atoms in total. The minimum absolute atomic E-state index is 0.00293. The lowest BCUT2D eigenvalue weighted by molar-refractivity contribution is -0.139. The second kappa shape index (κ2) is 8.23. The van der Waals surface area contributed by atoms with Gasteiger partial charge in [-0.25, -0.2) is 0 Å². The van der Waals surface area contributed by atoms with Gasteiger partial charge in [0.1, 0.15) is 5.75 Å². The lowest BCUT2D eigenvalue weighted by Crippen LogP contribution is -2.53. The lowest BCUT2D eigenvalue weighted by Gasteiger charge is -2.36. The van der Waals surface area contributed by atoms with Gasteiger partial charge in [-0.05, 0) is 43.3 Å². The van der Waals surface area contributed by atoms with E-state index in [1.54, 1.807) is 41.0 Å². The predicted molar refractivity (Wildman–Crippen MR) is 100 cm³/mol. The molecular formula is C20H21ClN2O3. The van der Waals surface area contributed by atoms with Crippen molar-refractivity contribution in [2.45, 2.75) is 13.0 Å². The number of benzene rings is 2. The zero-order valence-corrected chi connectivity index (χ0v) is 15.4. The van der Waals surface area contributed by atoms with Gasteiger partial charge in [0.25, 0.3) is 11.8 Å². The molecule has 0 radical (unpaired) electrons. The van der Waals surface area contributed by atoms with E-state index in [1.807, 2.05) is 30.3 Å². The van der Waals surface area contributed by atoms with Crippen molar-refractivity contribution in [2.24, 2.45) is 0 Å². The van der Waals surface area contributed by atoms with Crippen molar-refractivity contribution in [3.8, 4) is 5.75 Å². The largest absolute Gasteiger partial charge is 0.481 e. The Balaban J connectivity index is 1.53. The van der Waals surface area contributed by atoms with Gasteiger partial charge in [0.05, 0.1) is 0 Å². The summed E-state index contributed by atoms with van der Waals surface area (Å²) in [5.74, 6) is 0.531. The van der Waals surface area contributed by atoms with E-state index in [9.17, 15) is 9.59 Å². The summed E-state index contributed by atoms with van der Waals surface area (Å²) in [6, 6.07) is 16.1. The third kappa shape index (κ3) is 4.35. The Bertz CT molecular complexity index is 756. The van der Waals surface area contributed by atoms with Gasteiger partial charge in [-0.3, -0.25) is 9.59 Å². The fourth-order valence-electron chi connectivity index (χ4n) is 2.92. The third-order valence-electron chi connectivity index (χ3n) is 4.37. The number of piperazine rings is 1. The fourth-order valence-corrected chi connectivity index (χ4v) is 3.04. The number of nitrogens with zero attached hydrogens (tertiary/aromatic N) is 2. The van der Waals surface area contributed by atoms with E-state index >= 15 is 0 Å². The van der Waals surface area contributed by atoms with E-state index in [0.29, 0.717) is 42.5 Å². The monoisotopic (exact) mass is 372 g/mol. The summed E-state index contributed by atoms with van der Waals surface area (Å²) < 4.78 is 5.70. The Morgan fingerprint density at radius 3 is 2.12 bits per heavy atom. The summed E-state index contributed by atoms with van der Waals surface area (Å²) in [5.41, 5.74) is 0.673. The molecule has 1 fully saturated rings. The van der Waals surface area contributed by atoms with E-state index in [0.717, 1.165) is 0 Å². The van der Waals surface area contributed by atoms with Gasteiger partial charge in [0.2, 0.25) is 0 Å². The lowest BCUT2D eigenvalue weighted by atomic mass is 10.2. The Morgan fingerprint density at radius 1 is 0.923 bits per heavy atom. The minimum Gasteiger partial charge on any atom is -0.481 e. The van der Waals surface area contributed by atoms with Crippen LogP contribution in [0.2, 0.25) is 5.02 Å². The van der Waals surface area contributed by atoms with Crippen LogP contribution >= 0.6 is 11.6 Å². The summed E-state index contributed by atoms with van der Waals surface area (Å²) >= 11 is 5.85. The molecule has 26 heavy (non-hydrogen) atoms. The maximum Gasteiger partial charge on any atom is 0.263 e. The number of hydrogen-bond donors (Lipinski definition) is 0. The van der Waals surface area contributed by atoms with Gasteiger partial charge in [-0.1, -0.05) is 29.8 Å². The molecule has 0 unspecified atom stereocenters. The van der Waals surface area contributed by atoms with Crippen LogP contribution in [0.5, 0.6) is 5.75 Å². The third-order valence-corrected chi connectivity index (χ3v) is 4.63. The molecule has 0 N–H and O–H groups in total. The van der Waals surface area contributed by atoms with E-state index in [4.69, 9.17) is 16.3 Å². The van der Waals surface area contributed by atoms with Gasteiger partial charge < -0.3 is 14.5 Å². The first-order chi connectivity index (χ1) is 12.5. The average Bonchev–Trinajstić information content (AvgIpc) is 2.69. The molecule has 2 aromatic rings. The number of rotatable bonds is 4. The highest BCUT2D eigenvalue weighted by atomic mass is 35.5. The zero-order chi connectivity index (χ0) is 18.5. The van der Waals surface area contributed by atoms with E-state index in [2.05, 4.69) is 0 Å². The Labute approximate surface area is 158 Å². The van der Waals surface area contributed by atoms with Gasteiger partial charge in [-0.15, -0.1) is 0 Å². The van der Waals surface area contributed by atoms with Crippen LogP contribution in [0, 0.1) is 0 Å². The maximum atomic E-state index is 12.6. The molecule has 3 rings (SSSR count). The van der Waals surface area contributed by atoms with E-state index in [-0.39, 0.29) is 11.8 Å². The Morgan fingerprint density at radius 2 is 1.50 bits per heavy atom. The molecule has 2 aromatic carbocycles. The van der Waals surface area contributed by atoms with Crippen LogP contribution in [-0.4, -0.2) is 53.9 Å². The van der Waals surface area contributed by atoms with Crippen LogP contribution in [0.4, 0.5) is 0 Å². The van der Waals surface area contributed by atoms with Crippen molar-refractivity contribution in [1.82, 2.24) is 9.80 Å². The second-order valence-electron chi connectivity index (χ2n) is 6.20. The number of halogens is 1. The molecule has 1 atom stereocenters. The molecule has 6 heteroatoms. The first-order valence-electron chi connectivity index (χ1n) is 8.60. The van der Waals surface area contributed by atoms with Crippen molar-refractivity contribution >= 4 is 23.4 Å². The van der Waals surface area contributed by atoms with Crippen LogP contribution < -0.4 is 4.74 Å². The molecule has 0 bridgehead atoms. The van der Waals surface area contributed by atoms with Crippen molar-refractivity contribution in [2.75, 3.05) is 26.2 Å². The maximum absolute atomic E-state index is 12.6. The molecule has 0 aliphatic carbocycles. The Hall–Kier alpha value is -2.53. The summed E-state index contributed by atoms with van der Waals surface area (Å²) in [6.45, 7) is 3.79. The smallest absolute Gasteiger partial charge is 0.263 e. The van der Waals surface area contributed by atoms with E-state index < -0.39 is 6.10 Å². The van der Waals surface area contributed by atoms with Crippen LogP contribution in [0.3, 0.4) is 0 Å². The van der Waals surface area contributed by atoms with Gasteiger partial charge in [0, 0.05) is 36.8 Å². The van der Waals surface area contributed by atoms with Crippen LogP contribution in [0.1, 0.15) is 17.3 Å². The normalized spacial score (nSPS) is 15.5. The average molecular weight is 373 g/mol. The standard InChI is InChI=1S/C20H21ClN2O3/c1-15(26-18-9-7-17(21)8-10-18)19(24)22-11-13-23(14-12-22)20(25)16-5-3-2-4-6-16/h2-10,15H,11-14H2,1H3/t15-/m1/s1. The first kappa shape index (κ1) is 18.3. The molecule has 1 aliphatic heterocycles. The molecule has 2 amide bonds. The second-order valence-corrected chi connectivity index (χ2v) is 6.63. The molecule has 1 aliphatic rings. The van der Waals surface area contributed by atoms with E-state index in [1.165, 1.54) is 0 Å². The molecule has 1 heterocycles. The molecule has 1 saturated heterocycles. The quantitative estimate of drug-likeness (QED) is 0.828. The van der Waals surface area contributed by atoms with Crippen molar-refractivity contribution in [3.05, 3.63) is 65.2 Å². The van der Waals surface area contributed by atoms with Crippen molar-refractivity contribution in [1.29, 1.82) is 0 Å². The summed E-state index contributed by atoms with van der Waals surface area (Å²) in [7, 11) is 0. The molecule has 136 valence electrons. The number of amides is 2. The molecule has 0 aromatic heterocycles. The summed E-state index contributed by atoms with van der Waals surface area (Å²) in [4.78, 5) is 28.6. The summed E-state index contributed by atoms with van der Waals surface area (Å²) in [6.07, 6.45) is -0.590. The number of ether oxygens (including phenoxy) is 1. The minimum atomic E-state index is -0.590. The topological polar surface area (TPSA) is 49.9 Å². The number of hydrogen-bond acceptors (Lipinski definition) is 3. The molecule has 0 spiro atoms. The highest BCUT2D eigenvalue weighted by molar-refractivity contribution is 6.30. The SMILES string of the molecule is C[C@@H](Oc1ccc(Cl)cc1)C(=O)N1CCN(C(=O)c2ccccc2)CC1. The molecular weight excluding hydrogens is 352 g/mol. The van der Waals surface area contributed by atoms with Crippen LogP contribution in [0.25, 0.3) is 0 Å². The van der Waals surface area contributed by atoms with Crippen LogP contribution in [0.15, 0.2) is 54.6 Å². The predicted octanol–water partition coefficient (Wildman–Crippen LogP) is 3.09. The number of carbonyl (C=O) groups excluding carboxylic acids is 2. The highest BCUT2D eigenvalue weighted by Crippen LogP contribution is 2.18. The van der Waals surface area contributed by atoms with Gasteiger partial charge >= 0.3 is 0 Å². The van der Waals surface area contributed by atoms with Gasteiger partial charge in [0.15, 0.2) is 6.10 Å². The number of carbonyl (C=O) groups is 2. The Kier molecular flexibility index (Phi) is 5.78. The van der Waals surface area contributed by atoms with Crippen molar-refractivity contribution in [3.63, 3.8) is 0 Å².